The Morgan fingerprint density at radius 1 is 1.50 bits per heavy atom. The number of aliphatic hydroxyl groups excluding tert-OH is 1. The Labute approximate surface area is 103 Å². The zero-order valence-electron chi connectivity index (χ0n) is 8.97. The molecule has 88 valence electrons. The standard InChI is InChI=1S/C12H15BrFNO/c13-11-3-2-10(14)6-9(11)7-12(8-16)4-1-5-15-12/h2-3,6,15-16H,1,4-5,7-8H2. The maximum atomic E-state index is 13.1. The van der Waals surface area contributed by atoms with Gasteiger partial charge in [-0.3, -0.25) is 0 Å². The van der Waals surface area contributed by atoms with Crippen LogP contribution >= 0.6 is 15.9 Å². The number of benzene rings is 1. The first-order valence-corrected chi connectivity index (χ1v) is 6.24. The summed E-state index contributed by atoms with van der Waals surface area (Å²) in [5.74, 6) is -0.232. The van der Waals surface area contributed by atoms with E-state index in [9.17, 15) is 9.50 Å². The van der Waals surface area contributed by atoms with Gasteiger partial charge in [0.25, 0.3) is 0 Å². The van der Waals surface area contributed by atoms with Crippen LogP contribution < -0.4 is 5.32 Å². The first kappa shape index (κ1) is 12.0. The van der Waals surface area contributed by atoms with Crippen LogP contribution in [0.5, 0.6) is 0 Å². The van der Waals surface area contributed by atoms with Gasteiger partial charge in [-0.1, -0.05) is 15.9 Å². The van der Waals surface area contributed by atoms with Crippen LogP contribution in [0.1, 0.15) is 18.4 Å². The summed E-state index contributed by atoms with van der Waals surface area (Å²) in [6, 6.07) is 4.67. The third kappa shape index (κ3) is 2.44. The number of rotatable bonds is 3. The van der Waals surface area contributed by atoms with Gasteiger partial charge >= 0.3 is 0 Å². The predicted octanol–water partition coefficient (Wildman–Crippen LogP) is 2.25. The third-order valence-corrected chi connectivity index (χ3v) is 3.94. The van der Waals surface area contributed by atoms with Gasteiger partial charge in [-0.2, -0.15) is 0 Å². The van der Waals surface area contributed by atoms with Gasteiger partial charge in [-0.15, -0.1) is 0 Å². The molecule has 0 radical (unpaired) electrons. The van der Waals surface area contributed by atoms with Crippen LogP contribution in [0.15, 0.2) is 22.7 Å². The third-order valence-electron chi connectivity index (χ3n) is 3.17. The molecule has 2 rings (SSSR count). The summed E-state index contributed by atoms with van der Waals surface area (Å²) in [4.78, 5) is 0. The van der Waals surface area contributed by atoms with Crippen LogP contribution in [0.4, 0.5) is 4.39 Å². The summed E-state index contributed by atoms with van der Waals surface area (Å²) in [5, 5.41) is 12.8. The lowest BCUT2D eigenvalue weighted by molar-refractivity contribution is 0.177. The van der Waals surface area contributed by atoms with E-state index in [1.54, 1.807) is 6.07 Å². The maximum Gasteiger partial charge on any atom is 0.123 e. The van der Waals surface area contributed by atoms with E-state index in [4.69, 9.17) is 0 Å². The van der Waals surface area contributed by atoms with Crippen molar-refractivity contribution in [2.45, 2.75) is 24.8 Å². The Kier molecular flexibility index (Phi) is 3.62. The highest BCUT2D eigenvalue weighted by molar-refractivity contribution is 9.10. The van der Waals surface area contributed by atoms with Crippen molar-refractivity contribution in [3.8, 4) is 0 Å². The Hall–Kier alpha value is -0.450. The van der Waals surface area contributed by atoms with Gasteiger partial charge < -0.3 is 10.4 Å². The summed E-state index contributed by atoms with van der Waals surface area (Å²) in [6.45, 7) is 1.02. The molecule has 1 aromatic carbocycles. The number of aliphatic hydroxyl groups is 1. The van der Waals surface area contributed by atoms with Crippen molar-refractivity contribution in [2.75, 3.05) is 13.2 Å². The molecule has 1 fully saturated rings. The van der Waals surface area contributed by atoms with Crippen LogP contribution in [0.2, 0.25) is 0 Å². The molecule has 2 nitrogen and oxygen atoms in total. The molecule has 16 heavy (non-hydrogen) atoms. The zero-order chi connectivity index (χ0) is 11.6. The minimum Gasteiger partial charge on any atom is -0.394 e. The van der Waals surface area contributed by atoms with Crippen molar-refractivity contribution < 1.29 is 9.50 Å². The molecule has 0 bridgehead atoms. The highest BCUT2D eigenvalue weighted by atomic mass is 79.9. The number of hydrogen-bond donors (Lipinski definition) is 2. The SMILES string of the molecule is OCC1(Cc2cc(F)ccc2Br)CCCN1. The molecule has 1 aromatic rings. The van der Waals surface area contributed by atoms with Crippen molar-refractivity contribution >= 4 is 15.9 Å². The van der Waals surface area contributed by atoms with E-state index < -0.39 is 0 Å². The second-order valence-corrected chi connectivity index (χ2v) is 5.24. The van der Waals surface area contributed by atoms with Gasteiger partial charge in [0.05, 0.1) is 6.61 Å². The summed E-state index contributed by atoms with van der Waals surface area (Å²) < 4.78 is 14.0. The highest BCUT2D eigenvalue weighted by Gasteiger charge is 2.33. The van der Waals surface area contributed by atoms with Gasteiger partial charge in [0.1, 0.15) is 5.82 Å². The molecule has 1 saturated heterocycles. The summed E-state index contributed by atoms with van der Waals surface area (Å²) in [6.07, 6.45) is 2.65. The Morgan fingerprint density at radius 2 is 2.31 bits per heavy atom. The summed E-state index contributed by atoms with van der Waals surface area (Å²) in [5.41, 5.74) is 0.638. The fraction of sp³-hybridized carbons (Fsp3) is 0.500. The van der Waals surface area contributed by atoms with Gasteiger partial charge in [0.2, 0.25) is 0 Å². The lowest BCUT2D eigenvalue weighted by atomic mass is 9.90. The van der Waals surface area contributed by atoms with Crippen molar-refractivity contribution in [1.29, 1.82) is 0 Å². The molecule has 0 aromatic heterocycles. The topological polar surface area (TPSA) is 32.3 Å². The van der Waals surface area contributed by atoms with Gasteiger partial charge in [-0.05, 0) is 49.6 Å². The quantitative estimate of drug-likeness (QED) is 0.894. The molecule has 1 heterocycles. The highest BCUT2D eigenvalue weighted by Crippen LogP contribution is 2.27. The minimum atomic E-state index is -0.268. The van der Waals surface area contributed by atoms with Gasteiger partial charge in [0.15, 0.2) is 0 Å². The molecule has 0 amide bonds. The molecule has 4 heteroatoms. The first-order valence-electron chi connectivity index (χ1n) is 5.45. The number of hydrogen-bond acceptors (Lipinski definition) is 2. The number of nitrogens with one attached hydrogen (secondary N) is 1. The fourth-order valence-electron chi connectivity index (χ4n) is 2.25. The van der Waals surface area contributed by atoms with E-state index in [0.29, 0.717) is 6.42 Å². The van der Waals surface area contributed by atoms with Gasteiger partial charge in [0, 0.05) is 10.0 Å². The van der Waals surface area contributed by atoms with E-state index in [1.807, 2.05) is 0 Å². The second kappa shape index (κ2) is 4.82. The smallest absolute Gasteiger partial charge is 0.123 e. The van der Waals surface area contributed by atoms with E-state index in [2.05, 4.69) is 21.2 Å². The molecule has 0 saturated carbocycles. The maximum absolute atomic E-state index is 13.1. The summed E-state index contributed by atoms with van der Waals surface area (Å²) in [7, 11) is 0. The Morgan fingerprint density at radius 3 is 2.94 bits per heavy atom. The average Bonchev–Trinajstić information content (AvgIpc) is 2.73. The van der Waals surface area contributed by atoms with Crippen LogP contribution in [0.3, 0.4) is 0 Å². The van der Waals surface area contributed by atoms with Crippen molar-refractivity contribution in [1.82, 2.24) is 5.32 Å². The lowest BCUT2D eigenvalue weighted by Gasteiger charge is -2.27. The normalized spacial score (nSPS) is 24.9. The Bertz CT molecular complexity index is 377. The average molecular weight is 288 g/mol. The molecule has 0 spiro atoms. The second-order valence-electron chi connectivity index (χ2n) is 4.38. The largest absolute Gasteiger partial charge is 0.394 e. The molecule has 1 atom stereocenters. The van der Waals surface area contributed by atoms with E-state index >= 15 is 0 Å². The molecule has 1 aliphatic heterocycles. The molecular weight excluding hydrogens is 273 g/mol. The first-order chi connectivity index (χ1) is 7.65. The predicted molar refractivity (Wildman–Crippen MR) is 64.9 cm³/mol. The molecule has 1 aliphatic rings. The van der Waals surface area contributed by atoms with E-state index in [0.717, 1.165) is 29.4 Å². The van der Waals surface area contributed by atoms with Crippen LogP contribution in [0, 0.1) is 5.82 Å². The van der Waals surface area contributed by atoms with Crippen LogP contribution in [-0.4, -0.2) is 23.8 Å². The van der Waals surface area contributed by atoms with Crippen LogP contribution in [0.25, 0.3) is 0 Å². The van der Waals surface area contributed by atoms with Crippen LogP contribution in [-0.2, 0) is 6.42 Å². The van der Waals surface area contributed by atoms with Gasteiger partial charge in [-0.25, -0.2) is 4.39 Å². The van der Waals surface area contributed by atoms with Crippen molar-refractivity contribution in [3.05, 3.63) is 34.1 Å². The Balaban J connectivity index is 2.21. The lowest BCUT2D eigenvalue weighted by Crippen LogP contribution is -2.45. The molecule has 1 unspecified atom stereocenters. The zero-order valence-corrected chi connectivity index (χ0v) is 10.6. The molecule has 0 aliphatic carbocycles. The van der Waals surface area contributed by atoms with Crippen molar-refractivity contribution in [2.24, 2.45) is 0 Å². The molecule has 2 N–H and O–H groups in total. The molecular formula is C12H15BrFNO. The monoisotopic (exact) mass is 287 g/mol. The number of halogens is 2. The van der Waals surface area contributed by atoms with Crippen molar-refractivity contribution in [3.63, 3.8) is 0 Å². The minimum absolute atomic E-state index is 0.0932. The summed E-state index contributed by atoms with van der Waals surface area (Å²) >= 11 is 3.41. The van der Waals surface area contributed by atoms with E-state index in [1.165, 1.54) is 12.1 Å². The fourth-order valence-corrected chi connectivity index (χ4v) is 2.64. The van der Waals surface area contributed by atoms with E-state index in [-0.39, 0.29) is 18.0 Å².